The van der Waals surface area contributed by atoms with Crippen molar-refractivity contribution in [2.24, 2.45) is 0 Å². The molecule has 2 N–H and O–H groups in total. The first-order chi connectivity index (χ1) is 11.2. The summed E-state index contributed by atoms with van der Waals surface area (Å²) in [5, 5.41) is 2.29. The van der Waals surface area contributed by atoms with Gasteiger partial charge in [-0.25, -0.2) is 4.79 Å². The van der Waals surface area contributed by atoms with E-state index < -0.39 is 11.9 Å². The van der Waals surface area contributed by atoms with Gasteiger partial charge in [-0.15, -0.1) is 0 Å². The number of hydrogen-bond acceptors (Lipinski definition) is 4. The Morgan fingerprint density at radius 2 is 1.87 bits per heavy atom. The molecule has 0 spiro atoms. The molecule has 0 aliphatic rings. The van der Waals surface area contributed by atoms with Crippen molar-refractivity contribution in [1.29, 1.82) is 0 Å². The summed E-state index contributed by atoms with van der Waals surface area (Å²) in [6.45, 7) is 0.527. The van der Waals surface area contributed by atoms with Gasteiger partial charge in [0.1, 0.15) is 6.54 Å². The SMILES string of the molecule is COC(=[O+])/C=C/C=C/C(=O)O[NH2+]Cc1cccc2ccccc12. The Bertz CT molecular complexity index is 744. The van der Waals surface area contributed by atoms with Crippen molar-refractivity contribution in [2.45, 2.75) is 6.54 Å². The molecule has 0 fully saturated rings. The molecule has 0 bridgehead atoms. The lowest BCUT2D eigenvalue weighted by Gasteiger charge is -2.04. The van der Waals surface area contributed by atoms with Crippen LogP contribution in [-0.4, -0.2) is 19.0 Å². The Kier molecular flexibility index (Phi) is 6.08. The predicted molar refractivity (Wildman–Crippen MR) is 86.0 cm³/mol. The van der Waals surface area contributed by atoms with Crippen molar-refractivity contribution in [2.75, 3.05) is 7.11 Å². The van der Waals surface area contributed by atoms with Crippen LogP contribution < -0.4 is 5.48 Å². The fourth-order valence-corrected chi connectivity index (χ4v) is 2.06. The van der Waals surface area contributed by atoms with Gasteiger partial charge in [-0.05, 0) is 16.8 Å². The van der Waals surface area contributed by atoms with Gasteiger partial charge < -0.3 is 4.74 Å². The van der Waals surface area contributed by atoms with Gasteiger partial charge in [0.05, 0.1) is 10.9 Å². The number of esters is 1. The molecule has 2 aromatic carbocycles. The number of benzene rings is 2. The molecular formula is C18H18NO4+2. The van der Waals surface area contributed by atoms with Crippen LogP contribution in [0.15, 0.2) is 66.8 Å². The summed E-state index contributed by atoms with van der Waals surface area (Å²) in [6.07, 6.45) is 5.28. The van der Waals surface area contributed by atoms with E-state index in [2.05, 4.69) is 4.74 Å². The van der Waals surface area contributed by atoms with Crippen molar-refractivity contribution < 1.29 is 24.6 Å². The van der Waals surface area contributed by atoms with Crippen LogP contribution >= 0.6 is 0 Å². The number of hydroxylamine groups is 1. The maximum absolute atomic E-state index is 11.5. The highest BCUT2D eigenvalue weighted by Crippen LogP contribution is 2.17. The maximum Gasteiger partial charge on any atom is 0.599 e. The number of carbonyl (C=O) groups is 2. The molecule has 1 radical (unpaired) electrons. The lowest BCUT2D eigenvalue weighted by Crippen LogP contribution is -2.82. The third kappa shape index (κ3) is 5.09. The number of ether oxygens (including phenoxy) is 1. The van der Waals surface area contributed by atoms with E-state index in [1.165, 1.54) is 36.9 Å². The van der Waals surface area contributed by atoms with Crippen molar-refractivity contribution in [3.63, 3.8) is 0 Å². The van der Waals surface area contributed by atoms with E-state index >= 15 is 0 Å². The number of hydrogen-bond donors (Lipinski definition) is 1. The molecule has 0 heterocycles. The van der Waals surface area contributed by atoms with E-state index in [0.29, 0.717) is 6.54 Å². The standard InChI is InChI=1S/C18H17NO4/c1-22-17(20)11-4-5-12-18(21)23-19-13-15-9-6-8-14-7-2-3-10-16(14)15/h2-12,19H,13H2,1H3/q+1/p+1/b11-4+,12-5+. The molecule has 0 amide bonds. The number of carbonyl (C=O) groups excluding carboxylic acids is 2. The zero-order valence-corrected chi connectivity index (χ0v) is 12.8. The highest BCUT2D eigenvalue weighted by molar-refractivity contribution is 5.85. The minimum Gasteiger partial charge on any atom is -0.316 e. The molecular weight excluding hydrogens is 294 g/mol. The molecule has 0 saturated carbocycles. The Labute approximate surface area is 134 Å². The van der Waals surface area contributed by atoms with Gasteiger partial charge in [-0.1, -0.05) is 48.5 Å². The molecule has 2 rings (SSSR count). The van der Waals surface area contributed by atoms with Gasteiger partial charge in [-0.3, -0.25) is 4.84 Å². The van der Waals surface area contributed by atoms with E-state index in [9.17, 15) is 9.59 Å². The predicted octanol–water partition coefficient (Wildman–Crippen LogP) is 1.65. The highest BCUT2D eigenvalue weighted by atomic mass is 16.7. The van der Waals surface area contributed by atoms with E-state index in [-0.39, 0.29) is 0 Å². The van der Waals surface area contributed by atoms with Crippen molar-refractivity contribution >= 4 is 22.7 Å². The number of quaternary nitrogens is 1. The Morgan fingerprint density at radius 3 is 2.70 bits per heavy atom. The van der Waals surface area contributed by atoms with Crippen molar-refractivity contribution in [3.05, 3.63) is 72.3 Å². The first kappa shape index (κ1) is 16.5. The highest BCUT2D eigenvalue weighted by Gasteiger charge is 2.06. The number of fused-ring (bicyclic) bond motifs is 1. The molecule has 5 nitrogen and oxygen atoms in total. The molecule has 0 aliphatic heterocycles. The fraction of sp³-hybridized carbons (Fsp3) is 0.111. The van der Waals surface area contributed by atoms with Crippen LogP contribution in [0.1, 0.15) is 5.56 Å². The largest absolute Gasteiger partial charge is 0.599 e. The number of allylic oxidation sites excluding steroid dienone is 2. The Hall–Kier alpha value is -2.92. The van der Waals surface area contributed by atoms with Crippen LogP contribution in [-0.2, 0) is 25.7 Å². The second kappa shape index (κ2) is 8.51. The molecule has 0 atom stereocenters. The lowest BCUT2D eigenvalue weighted by molar-refractivity contribution is -0.884. The van der Waals surface area contributed by atoms with Crippen LogP contribution in [0.5, 0.6) is 0 Å². The van der Waals surface area contributed by atoms with Crippen LogP contribution in [0.2, 0.25) is 0 Å². The van der Waals surface area contributed by atoms with Gasteiger partial charge in [0.2, 0.25) is 0 Å². The summed E-state index contributed by atoms with van der Waals surface area (Å²) in [5.41, 5.74) is 2.56. The molecule has 5 heteroatoms. The van der Waals surface area contributed by atoms with E-state index in [0.717, 1.165) is 16.3 Å². The van der Waals surface area contributed by atoms with Crippen LogP contribution in [0.25, 0.3) is 10.8 Å². The number of rotatable bonds is 6. The van der Waals surface area contributed by atoms with Gasteiger partial charge in [0, 0.05) is 11.6 Å². The summed E-state index contributed by atoms with van der Waals surface area (Å²) in [4.78, 5) is 27.4. The van der Waals surface area contributed by atoms with E-state index in [4.69, 9.17) is 4.84 Å². The maximum atomic E-state index is 11.5. The summed E-state index contributed by atoms with van der Waals surface area (Å²) >= 11 is 0. The number of methoxy groups -OCH3 is 1. The van der Waals surface area contributed by atoms with Crippen LogP contribution in [0.3, 0.4) is 0 Å². The third-order valence-corrected chi connectivity index (χ3v) is 3.16. The summed E-state index contributed by atoms with van der Waals surface area (Å²) in [5.74, 6) is -0.981. The minimum atomic E-state index is -0.500. The Balaban J connectivity index is 1.84. The lowest BCUT2D eigenvalue weighted by atomic mass is 10.1. The average molecular weight is 312 g/mol. The van der Waals surface area contributed by atoms with Crippen molar-refractivity contribution in [1.82, 2.24) is 0 Å². The van der Waals surface area contributed by atoms with Gasteiger partial charge >= 0.3 is 11.9 Å². The summed E-state index contributed by atoms with van der Waals surface area (Å²) in [6, 6.07) is 14.1. The first-order valence-electron chi connectivity index (χ1n) is 7.12. The van der Waals surface area contributed by atoms with Crippen LogP contribution in [0.4, 0.5) is 0 Å². The second-order valence-corrected chi connectivity index (χ2v) is 4.69. The molecule has 23 heavy (non-hydrogen) atoms. The van der Waals surface area contributed by atoms with E-state index in [1.807, 2.05) is 42.5 Å². The molecule has 117 valence electrons. The second-order valence-electron chi connectivity index (χ2n) is 4.69. The zero-order valence-electron chi connectivity index (χ0n) is 12.8. The molecule has 2 aromatic rings. The third-order valence-electron chi connectivity index (χ3n) is 3.16. The van der Waals surface area contributed by atoms with Gasteiger partial charge in [-0.2, -0.15) is 5.48 Å². The monoisotopic (exact) mass is 312 g/mol. The quantitative estimate of drug-likeness (QED) is 0.289. The zero-order chi connectivity index (χ0) is 16.5. The van der Waals surface area contributed by atoms with Gasteiger partial charge in [0.15, 0.2) is 7.11 Å². The summed E-state index contributed by atoms with van der Waals surface area (Å²) in [7, 11) is 1.28. The number of nitrogens with two attached hydrogens (primary N) is 1. The van der Waals surface area contributed by atoms with Crippen LogP contribution in [0, 0.1) is 0 Å². The molecule has 0 aliphatic carbocycles. The normalized spacial score (nSPS) is 11.2. The molecule has 0 aromatic heterocycles. The van der Waals surface area contributed by atoms with Gasteiger partial charge in [0.25, 0.3) is 0 Å². The van der Waals surface area contributed by atoms with E-state index in [1.54, 1.807) is 0 Å². The van der Waals surface area contributed by atoms with Crippen molar-refractivity contribution in [3.8, 4) is 0 Å². The first-order valence-corrected chi connectivity index (χ1v) is 7.12. The minimum absolute atomic E-state index is 0.481. The smallest absolute Gasteiger partial charge is 0.316 e. The topological polar surface area (TPSA) is 72.0 Å². The Morgan fingerprint density at radius 1 is 1.13 bits per heavy atom. The fourth-order valence-electron chi connectivity index (χ4n) is 2.06. The summed E-state index contributed by atoms with van der Waals surface area (Å²) < 4.78 is 4.42. The molecule has 0 unspecified atom stereocenters. The molecule has 0 saturated heterocycles. The average Bonchev–Trinajstić information content (AvgIpc) is 2.58.